The second kappa shape index (κ2) is 6.96. The van der Waals surface area contributed by atoms with Crippen LogP contribution in [0.4, 0.5) is 23.7 Å². The zero-order valence-corrected chi connectivity index (χ0v) is 11.5. The molecule has 2 amide bonds. The van der Waals surface area contributed by atoms with E-state index in [9.17, 15) is 22.8 Å². The number of carbonyl (C=O) groups excluding carboxylic acids is 2. The van der Waals surface area contributed by atoms with Crippen molar-refractivity contribution in [3.63, 3.8) is 0 Å². The van der Waals surface area contributed by atoms with Gasteiger partial charge in [0.05, 0.1) is 17.9 Å². The molecule has 0 aliphatic carbocycles. The van der Waals surface area contributed by atoms with Gasteiger partial charge in [-0.15, -0.1) is 0 Å². The topological polar surface area (TPSA) is 58.6 Å². The zero-order valence-electron chi connectivity index (χ0n) is 11.5. The molecule has 0 bridgehead atoms. The Hall–Kier alpha value is -2.25. The van der Waals surface area contributed by atoms with Gasteiger partial charge in [-0.1, -0.05) is 12.1 Å². The molecule has 0 heterocycles. The van der Waals surface area contributed by atoms with Crippen LogP contribution in [-0.4, -0.2) is 37.1 Å². The molecule has 0 unspecified atom stereocenters. The second-order valence-electron chi connectivity index (χ2n) is 4.15. The van der Waals surface area contributed by atoms with Crippen molar-refractivity contribution in [1.29, 1.82) is 0 Å². The lowest BCUT2D eigenvalue weighted by atomic mass is 10.1. The molecular weight excluding hydrogens is 289 g/mol. The summed E-state index contributed by atoms with van der Waals surface area (Å²) in [5.74, 6) is -0.748. The summed E-state index contributed by atoms with van der Waals surface area (Å²) >= 11 is 0. The Balaban J connectivity index is 2.74. The molecule has 0 radical (unpaired) electrons. The monoisotopic (exact) mass is 304 g/mol. The predicted molar refractivity (Wildman–Crippen MR) is 69.7 cm³/mol. The average Bonchev–Trinajstić information content (AvgIpc) is 2.38. The summed E-state index contributed by atoms with van der Waals surface area (Å²) in [6, 6.07) is 4.61. The molecule has 8 heteroatoms. The molecule has 1 N–H and O–H groups in total. The van der Waals surface area contributed by atoms with Gasteiger partial charge >= 0.3 is 12.3 Å². The summed E-state index contributed by atoms with van der Waals surface area (Å²) in [5, 5.41) is 2.14. The van der Waals surface area contributed by atoms with Crippen LogP contribution >= 0.6 is 0 Å². The van der Waals surface area contributed by atoms with E-state index in [0.29, 0.717) is 0 Å². The fraction of sp³-hybridized carbons (Fsp3) is 0.385. The Morgan fingerprint density at radius 3 is 2.48 bits per heavy atom. The molecule has 0 fully saturated rings. The molecule has 0 atom stereocenters. The highest BCUT2D eigenvalue weighted by Gasteiger charge is 2.33. The number of alkyl halides is 3. The van der Waals surface area contributed by atoms with Gasteiger partial charge in [0.1, 0.15) is 6.54 Å². The van der Waals surface area contributed by atoms with E-state index in [0.717, 1.165) is 17.0 Å². The number of likely N-dealkylation sites (N-methyl/N-ethyl adjacent to an activating group) is 1. The number of nitrogens with one attached hydrogen (secondary N) is 1. The smallest absolute Gasteiger partial charge is 0.418 e. The van der Waals surface area contributed by atoms with Gasteiger partial charge in [0.15, 0.2) is 0 Å². The first-order chi connectivity index (χ1) is 9.75. The van der Waals surface area contributed by atoms with Crippen molar-refractivity contribution in [3.05, 3.63) is 29.8 Å². The Morgan fingerprint density at radius 2 is 1.90 bits per heavy atom. The molecule has 0 spiro atoms. The minimum Gasteiger partial charge on any atom is -0.450 e. The third kappa shape index (κ3) is 4.97. The molecule has 0 saturated carbocycles. The second-order valence-corrected chi connectivity index (χ2v) is 4.15. The van der Waals surface area contributed by atoms with E-state index in [1.54, 1.807) is 6.92 Å². The van der Waals surface area contributed by atoms with Crippen LogP contribution < -0.4 is 5.32 Å². The normalized spacial score (nSPS) is 10.9. The molecular formula is C13H15F3N2O3. The van der Waals surface area contributed by atoms with Gasteiger partial charge in [0.2, 0.25) is 5.91 Å². The minimum atomic E-state index is -4.57. The molecule has 0 aliphatic rings. The first-order valence-electron chi connectivity index (χ1n) is 6.09. The van der Waals surface area contributed by atoms with Crippen molar-refractivity contribution < 1.29 is 27.5 Å². The van der Waals surface area contributed by atoms with Crippen molar-refractivity contribution in [2.75, 3.05) is 25.5 Å². The molecule has 1 aromatic rings. The van der Waals surface area contributed by atoms with Gasteiger partial charge in [0, 0.05) is 7.05 Å². The number of hydrogen-bond donors (Lipinski definition) is 1. The van der Waals surface area contributed by atoms with E-state index < -0.39 is 30.3 Å². The lowest BCUT2D eigenvalue weighted by molar-refractivity contribution is -0.137. The largest absolute Gasteiger partial charge is 0.450 e. The van der Waals surface area contributed by atoms with Crippen LogP contribution in [0.2, 0.25) is 0 Å². The molecule has 5 nitrogen and oxygen atoms in total. The quantitative estimate of drug-likeness (QED) is 0.930. The highest BCUT2D eigenvalue weighted by atomic mass is 19.4. The van der Waals surface area contributed by atoms with E-state index >= 15 is 0 Å². The van der Waals surface area contributed by atoms with Crippen LogP contribution in [0.25, 0.3) is 0 Å². The van der Waals surface area contributed by atoms with Crippen molar-refractivity contribution in [3.8, 4) is 0 Å². The summed E-state index contributed by atoms with van der Waals surface area (Å²) in [6.45, 7) is 1.33. The fourth-order valence-electron chi connectivity index (χ4n) is 1.54. The summed E-state index contributed by atoms with van der Waals surface area (Å²) < 4.78 is 42.9. The number of hydrogen-bond acceptors (Lipinski definition) is 3. The predicted octanol–water partition coefficient (Wildman–Crippen LogP) is 2.73. The third-order valence-electron chi connectivity index (χ3n) is 2.47. The lowest BCUT2D eigenvalue weighted by Crippen LogP contribution is -2.35. The van der Waals surface area contributed by atoms with Crippen LogP contribution in [0.15, 0.2) is 24.3 Å². The number of anilines is 1. The Kier molecular flexibility index (Phi) is 5.57. The van der Waals surface area contributed by atoms with Crippen molar-refractivity contribution in [1.82, 2.24) is 4.90 Å². The maximum atomic E-state index is 12.8. The molecule has 1 rings (SSSR count). The maximum Gasteiger partial charge on any atom is 0.418 e. The van der Waals surface area contributed by atoms with Gasteiger partial charge in [-0.05, 0) is 19.1 Å². The summed E-state index contributed by atoms with van der Waals surface area (Å²) in [7, 11) is 1.31. The molecule has 116 valence electrons. The van der Waals surface area contributed by atoms with Gasteiger partial charge < -0.3 is 15.0 Å². The number of carbonyl (C=O) groups is 2. The van der Waals surface area contributed by atoms with E-state index in [1.165, 1.54) is 19.2 Å². The number of rotatable bonds is 4. The third-order valence-corrected chi connectivity index (χ3v) is 2.47. The van der Waals surface area contributed by atoms with Crippen LogP contribution in [0.1, 0.15) is 12.5 Å². The fourth-order valence-corrected chi connectivity index (χ4v) is 1.54. The number of nitrogens with zero attached hydrogens (tertiary/aromatic N) is 1. The highest BCUT2D eigenvalue weighted by Crippen LogP contribution is 2.34. The van der Waals surface area contributed by atoms with E-state index in [-0.39, 0.29) is 12.3 Å². The number of ether oxygens (including phenoxy) is 1. The van der Waals surface area contributed by atoms with Crippen molar-refractivity contribution in [2.24, 2.45) is 0 Å². The number of halogens is 3. The van der Waals surface area contributed by atoms with Gasteiger partial charge in [-0.2, -0.15) is 13.2 Å². The summed E-state index contributed by atoms with van der Waals surface area (Å²) in [5.41, 5.74) is -1.30. The highest BCUT2D eigenvalue weighted by molar-refractivity contribution is 5.94. The van der Waals surface area contributed by atoms with Gasteiger partial charge in [0.25, 0.3) is 0 Å². The number of benzene rings is 1. The first kappa shape index (κ1) is 16.8. The van der Waals surface area contributed by atoms with Crippen molar-refractivity contribution in [2.45, 2.75) is 13.1 Å². The maximum absolute atomic E-state index is 12.8. The zero-order chi connectivity index (χ0) is 16.0. The molecule has 21 heavy (non-hydrogen) atoms. The Bertz CT molecular complexity index is 518. The molecule has 0 aromatic heterocycles. The lowest BCUT2D eigenvalue weighted by Gasteiger charge is -2.17. The number of amides is 2. The standard InChI is InChI=1S/C13H15F3N2O3/c1-3-21-12(20)18(2)8-11(19)17-10-7-5-4-6-9(10)13(14,15)16/h4-7H,3,8H2,1-2H3,(H,17,19). The van der Waals surface area contributed by atoms with E-state index in [2.05, 4.69) is 10.1 Å². The minimum absolute atomic E-state index is 0.141. The Labute approximate surface area is 119 Å². The molecule has 0 saturated heterocycles. The van der Waals surface area contributed by atoms with Crippen LogP contribution in [0.5, 0.6) is 0 Å². The van der Waals surface area contributed by atoms with Gasteiger partial charge in [-0.25, -0.2) is 4.79 Å². The van der Waals surface area contributed by atoms with Crippen LogP contribution in [0.3, 0.4) is 0 Å². The number of para-hydroxylation sites is 1. The van der Waals surface area contributed by atoms with Crippen molar-refractivity contribution >= 4 is 17.7 Å². The average molecular weight is 304 g/mol. The summed E-state index contributed by atoms with van der Waals surface area (Å²) in [6.07, 6.45) is -5.30. The SMILES string of the molecule is CCOC(=O)N(C)CC(=O)Nc1ccccc1C(F)(F)F. The van der Waals surface area contributed by atoms with E-state index in [4.69, 9.17) is 0 Å². The molecule has 1 aromatic carbocycles. The van der Waals surface area contributed by atoms with Gasteiger partial charge in [-0.3, -0.25) is 4.79 Å². The first-order valence-corrected chi connectivity index (χ1v) is 6.09. The van der Waals surface area contributed by atoms with Crippen LogP contribution in [-0.2, 0) is 15.7 Å². The Morgan fingerprint density at radius 1 is 1.29 bits per heavy atom. The van der Waals surface area contributed by atoms with E-state index in [1.807, 2.05) is 0 Å². The molecule has 0 aliphatic heterocycles. The summed E-state index contributed by atoms with van der Waals surface area (Å²) in [4.78, 5) is 24.0. The van der Waals surface area contributed by atoms with Crippen LogP contribution in [0, 0.1) is 0 Å².